The van der Waals surface area contributed by atoms with E-state index < -0.39 is 0 Å². The maximum absolute atomic E-state index is 12.9. The molecule has 1 saturated heterocycles. The Morgan fingerprint density at radius 3 is 2.91 bits per heavy atom. The summed E-state index contributed by atoms with van der Waals surface area (Å²) < 4.78 is 8.06. The van der Waals surface area contributed by atoms with Crippen molar-refractivity contribution >= 4 is 28.6 Å². The van der Waals surface area contributed by atoms with Gasteiger partial charge < -0.3 is 19.9 Å². The number of amides is 1. The normalized spacial score (nSPS) is 18.2. The van der Waals surface area contributed by atoms with E-state index >= 15 is 0 Å². The molecule has 0 spiro atoms. The molecule has 4 heterocycles. The van der Waals surface area contributed by atoms with E-state index in [9.17, 15) is 15.3 Å². The minimum atomic E-state index is -0.330. The smallest absolute Gasteiger partial charge is 0.264 e. The average Bonchev–Trinajstić information content (AvgIpc) is 3.41. The highest BCUT2D eigenvalue weighted by Gasteiger charge is 2.30. The fourth-order valence-corrected chi connectivity index (χ4v) is 4.16. The number of carbonyl (C=O) groups excluding carboxylic acids is 1. The third-order valence-corrected chi connectivity index (χ3v) is 6.15. The Kier molecular flexibility index (Phi) is 6.06. The lowest BCUT2D eigenvalue weighted by Crippen LogP contribution is -2.45. The minimum absolute atomic E-state index is 0.203. The van der Waals surface area contributed by atoms with Crippen LogP contribution in [0.25, 0.3) is 11.0 Å². The molecule has 3 aromatic heterocycles. The predicted octanol–water partition coefficient (Wildman–Crippen LogP) is 3.02. The minimum Gasteiger partial charge on any atom is -0.472 e. The second kappa shape index (κ2) is 9.47. The monoisotopic (exact) mass is 471 g/mol. The van der Waals surface area contributed by atoms with Gasteiger partial charge in [-0.1, -0.05) is 6.08 Å². The molecule has 1 unspecified atom stereocenters. The number of nitriles is 2. The number of piperidine rings is 1. The van der Waals surface area contributed by atoms with Crippen LogP contribution in [0.2, 0.25) is 0 Å². The Bertz CT molecular complexity index is 1370. The number of nitrogens with one attached hydrogen (secondary N) is 2. The third-order valence-electron chi connectivity index (χ3n) is 6.15. The van der Waals surface area contributed by atoms with Gasteiger partial charge >= 0.3 is 0 Å². The number of carbonyl (C=O) groups is 1. The SMILES string of the molecule is CCn1cc(Nc2nc(OC3CCCN(C(=O)C(C#N)=CC4CC4)C3)c3c(C#N)c[nH]c3n2)cn1. The van der Waals surface area contributed by atoms with E-state index in [-0.39, 0.29) is 23.5 Å². The number of aromatic amines is 1. The first-order valence-corrected chi connectivity index (χ1v) is 11.7. The molecule has 178 valence electrons. The van der Waals surface area contributed by atoms with Gasteiger partial charge in [-0.3, -0.25) is 9.48 Å². The van der Waals surface area contributed by atoms with E-state index in [0.717, 1.165) is 37.9 Å². The number of allylic oxidation sites excluding steroid dienone is 1. The van der Waals surface area contributed by atoms with Crippen LogP contribution in [-0.2, 0) is 11.3 Å². The van der Waals surface area contributed by atoms with Crippen LogP contribution in [0.1, 0.15) is 38.2 Å². The zero-order valence-electron chi connectivity index (χ0n) is 19.4. The molecule has 1 atom stereocenters. The fraction of sp³-hybridized carbons (Fsp3) is 0.417. The van der Waals surface area contributed by atoms with Gasteiger partial charge in [0.05, 0.1) is 29.4 Å². The highest BCUT2D eigenvalue weighted by molar-refractivity contribution is 5.97. The van der Waals surface area contributed by atoms with Crippen molar-refractivity contribution in [1.29, 1.82) is 10.5 Å². The second-order valence-corrected chi connectivity index (χ2v) is 8.76. The van der Waals surface area contributed by atoms with Crippen molar-refractivity contribution in [3.05, 3.63) is 35.8 Å². The molecule has 2 N–H and O–H groups in total. The lowest BCUT2D eigenvalue weighted by atomic mass is 10.1. The highest BCUT2D eigenvalue weighted by atomic mass is 16.5. The van der Waals surface area contributed by atoms with Crippen molar-refractivity contribution < 1.29 is 9.53 Å². The number of ether oxygens (including phenoxy) is 1. The van der Waals surface area contributed by atoms with Gasteiger partial charge in [-0.2, -0.15) is 25.6 Å². The molecule has 11 nitrogen and oxygen atoms in total. The van der Waals surface area contributed by atoms with Crippen molar-refractivity contribution in [2.45, 2.75) is 45.3 Å². The van der Waals surface area contributed by atoms with Crippen LogP contribution in [0.4, 0.5) is 11.6 Å². The number of anilines is 2. The molecule has 35 heavy (non-hydrogen) atoms. The molecule has 5 rings (SSSR count). The lowest BCUT2D eigenvalue weighted by molar-refractivity contribution is -0.129. The van der Waals surface area contributed by atoms with E-state index in [0.29, 0.717) is 41.6 Å². The summed E-state index contributed by atoms with van der Waals surface area (Å²) in [5.74, 6) is 0.659. The first-order chi connectivity index (χ1) is 17.1. The fourth-order valence-electron chi connectivity index (χ4n) is 4.16. The molecule has 1 amide bonds. The van der Waals surface area contributed by atoms with Crippen LogP contribution >= 0.6 is 0 Å². The van der Waals surface area contributed by atoms with Crippen molar-refractivity contribution in [2.24, 2.45) is 5.92 Å². The Morgan fingerprint density at radius 2 is 2.20 bits per heavy atom. The molecule has 1 aliphatic heterocycles. The van der Waals surface area contributed by atoms with Gasteiger partial charge in [0.1, 0.15) is 29.5 Å². The van der Waals surface area contributed by atoms with E-state index in [1.54, 1.807) is 28.1 Å². The molecule has 0 aromatic carbocycles. The van der Waals surface area contributed by atoms with Gasteiger partial charge in [0, 0.05) is 25.5 Å². The molecule has 0 radical (unpaired) electrons. The molecule has 0 bridgehead atoms. The number of fused-ring (bicyclic) bond motifs is 1. The summed E-state index contributed by atoms with van der Waals surface area (Å²) in [6.45, 7) is 3.64. The molecule has 1 aliphatic carbocycles. The number of nitrogens with zero attached hydrogens (tertiary/aromatic N) is 7. The number of rotatable bonds is 7. The zero-order chi connectivity index (χ0) is 24.4. The number of aromatic nitrogens is 5. The van der Waals surface area contributed by atoms with Gasteiger partial charge in [0.15, 0.2) is 0 Å². The lowest BCUT2D eigenvalue weighted by Gasteiger charge is -2.32. The standard InChI is InChI=1S/C24H25N9O2/c1-2-33-13-18(12-28-33)29-24-30-21-20(17(10-26)11-27-21)22(31-24)35-19-4-3-7-32(14-19)23(34)16(9-25)8-15-5-6-15/h8,11-13,15,19H,2-7,14H2,1H3,(H2,27,29,30,31). The summed E-state index contributed by atoms with van der Waals surface area (Å²) in [7, 11) is 0. The van der Waals surface area contributed by atoms with Gasteiger partial charge in [-0.25, -0.2) is 0 Å². The van der Waals surface area contributed by atoms with Crippen LogP contribution in [0.15, 0.2) is 30.2 Å². The van der Waals surface area contributed by atoms with Gasteiger partial charge in [0.2, 0.25) is 11.8 Å². The summed E-state index contributed by atoms with van der Waals surface area (Å²) in [6, 6.07) is 4.21. The quantitative estimate of drug-likeness (QED) is 0.394. The summed E-state index contributed by atoms with van der Waals surface area (Å²) in [5.41, 5.74) is 1.78. The van der Waals surface area contributed by atoms with E-state index in [4.69, 9.17) is 4.74 Å². The predicted molar refractivity (Wildman–Crippen MR) is 126 cm³/mol. The molecule has 1 saturated carbocycles. The second-order valence-electron chi connectivity index (χ2n) is 8.76. The van der Waals surface area contributed by atoms with Crippen LogP contribution in [0.5, 0.6) is 5.88 Å². The summed E-state index contributed by atoms with van der Waals surface area (Å²) in [4.78, 5) is 26.7. The topological polar surface area (TPSA) is 149 Å². The largest absolute Gasteiger partial charge is 0.472 e. The first kappa shape index (κ1) is 22.4. The van der Waals surface area contributed by atoms with Crippen LogP contribution in [0.3, 0.4) is 0 Å². The average molecular weight is 472 g/mol. The Hall–Kier alpha value is -4.38. The Morgan fingerprint density at radius 1 is 1.34 bits per heavy atom. The molecular weight excluding hydrogens is 446 g/mol. The maximum Gasteiger partial charge on any atom is 0.264 e. The molecule has 2 aliphatic rings. The van der Waals surface area contributed by atoms with Crippen LogP contribution < -0.4 is 10.1 Å². The van der Waals surface area contributed by atoms with Gasteiger partial charge in [-0.15, -0.1) is 0 Å². The third kappa shape index (κ3) is 4.80. The molecule has 2 fully saturated rings. The Labute approximate surface area is 202 Å². The Balaban J connectivity index is 1.39. The summed E-state index contributed by atoms with van der Waals surface area (Å²) in [5, 5.41) is 26.9. The van der Waals surface area contributed by atoms with Crippen molar-refractivity contribution in [1.82, 2.24) is 29.6 Å². The molecular formula is C24H25N9O2. The number of aryl methyl sites for hydroxylation is 1. The maximum atomic E-state index is 12.9. The van der Waals surface area contributed by atoms with Crippen molar-refractivity contribution in [3.8, 4) is 18.0 Å². The summed E-state index contributed by atoms with van der Waals surface area (Å²) in [6.07, 6.45) is 10.1. The van der Waals surface area contributed by atoms with E-state index in [1.807, 2.05) is 13.1 Å². The highest BCUT2D eigenvalue weighted by Crippen LogP contribution is 2.32. The van der Waals surface area contributed by atoms with E-state index in [2.05, 4.69) is 37.5 Å². The summed E-state index contributed by atoms with van der Waals surface area (Å²) >= 11 is 0. The van der Waals surface area contributed by atoms with Crippen LogP contribution in [-0.4, -0.2) is 54.7 Å². The van der Waals surface area contributed by atoms with E-state index in [1.165, 1.54) is 0 Å². The molecule has 3 aromatic rings. The van der Waals surface area contributed by atoms with Gasteiger partial charge in [-0.05, 0) is 38.5 Å². The van der Waals surface area contributed by atoms with Gasteiger partial charge in [0.25, 0.3) is 5.91 Å². The number of H-pyrrole nitrogens is 1. The molecule has 11 heteroatoms. The zero-order valence-corrected chi connectivity index (χ0v) is 19.4. The number of hydrogen-bond donors (Lipinski definition) is 2. The van der Waals surface area contributed by atoms with Crippen LogP contribution in [0, 0.1) is 28.6 Å². The first-order valence-electron chi connectivity index (χ1n) is 11.7. The van der Waals surface area contributed by atoms with Crippen molar-refractivity contribution in [2.75, 3.05) is 18.4 Å². The van der Waals surface area contributed by atoms with Crippen molar-refractivity contribution in [3.63, 3.8) is 0 Å². The number of likely N-dealkylation sites (tertiary alicyclic amines) is 1. The number of hydrogen-bond acceptors (Lipinski definition) is 8.